The van der Waals surface area contributed by atoms with Crippen LogP contribution in [0.5, 0.6) is 0 Å². The molecule has 1 aromatic rings. The van der Waals surface area contributed by atoms with Crippen LogP contribution in [0.25, 0.3) is 0 Å². The molecule has 0 aromatic carbocycles. The molecule has 1 saturated carbocycles. The van der Waals surface area contributed by atoms with Crippen LogP contribution in [0.1, 0.15) is 25.7 Å². The van der Waals surface area contributed by atoms with Crippen molar-refractivity contribution in [2.75, 3.05) is 0 Å². The predicted octanol–water partition coefficient (Wildman–Crippen LogP) is 0.802. The van der Waals surface area contributed by atoms with Crippen molar-refractivity contribution in [3.8, 4) is 0 Å². The molecule has 1 aliphatic rings. The fourth-order valence-corrected chi connectivity index (χ4v) is 3.38. The van der Waals surface area contributed by atoms with Crippen LogP contribution in [0.3, 0.4) is 0 Å². The number of pyridine rings is 1. The Bertz CT molecular complexity index is 521. The van der Waals surface area contributed by atoms with Crippen LogP contribution in [0.15, 0.2) is 23.4 Å². The molecular formula is C11H15FN2O3S. The predicted molar refractivity (Wildman–Crippen MR) is 62.8 cm³/mol. The molecule has 1 fully saturated rings. The number of aliphatic hydroxyl groups is 1. The summed E-state index contributed by atoms with van der Waals surface area (Å²) < 4.78 is 39.6. The maximum atomic E-state index is 13.4. The molecule has 0 bridgehead atoms. The van der Waals surface area contributed by atoms with E-state index in [4.69, 9.17) is 0 Å². The fraction of sp³-hybridized carbons (Fsp3) is 0.545. The van der Waals surface area contributed by atoms with Gasteiger partial charge in [0.15, 0.2) is 5.82 Å². The average Bonchev–Trinajstić information content (AvgIpc) is 2.32. The van der Waals surface area contributed by atoms with Crippen LogP contribution in [0.2, 0.25) is 0 Å². The molecule has 0 radical (unpaired) electrons. The summed E-state index contributed by atoms with van der Waals surface area (Å²) in [6.45, 7) is 0. The molecule has 0 spiro atoms. The summed E-state index contributed by atoms with van der Waals surface area (Å²) in [7, 11) is -4.02. The minimum Gasteiger partial charge on any atom is -0.391 e. The average molecular weight is 274 g/mol. The number of rotatable bonds is 3. The molecule has 1 aromatic heterocycles. The summed E-state index contributed by atoms with van der Waals surface area (Å²) in [5.74, 6) is -0.893. The van der Waals surface area contributed by atoms with Crippen LogP contribution >= 0.6 is 0 Å². The van der Waals surface area contributed by atoms with Crippen LogP contribution in [-0.2, 0) is 10.0 Å². The minimum absolute atomic E-state index is 0.550. The van der Waals surface area contributed by atoms with E-state index in [2.05, 4.69) is 9.71 Å². The first-order chi connectivity index (χ1) is 8.50. The molecule has 2 atom stereocenters. The Hall–Kier alpha value is -1.05. The van der Waals surface area contributed by atoms with Gasteiger partial charge in [-0.25, -0.2) is 22.5 Å². The third-order valence-electron chi connectivity index (χ3n) is 3.02. The fourth-order valence-electron chi connectivity index (χ4n) is 2.07. The molecule has 1 heterocycles. The van der Waals surface area contributed by atoms with Crippen LogP contribution in [-0.4, -0.2) is 30.7 Å². The van der Waals surface area contributed by atoms with Gasteiger partial charge in [-0.1, -0.05) is 12.8 Å². The van der Waals surface area contributed by atoms with Gasteiger partial charge in [-0.3, -0.25) is 0 Å². The molecular weight excluding hydrogens is 259 g/mol. The summed E-state index contributed by atoms with van der Waals surface area (Å²) in [5, 5.41) is 9.08. The second-order valence-corrected chi connectivity index (χ2v) is 6.00. The highest BCUT2D eigenvalue weighted by Gasteiger charge is 2.30. The zero-order valence-electron chi connectivity index (χ0n) is 9.71. The molecule has 5 nitrogen and oxygen atoms in total. The largest absolute Gasteiger partial charge is 0.391 e. The van der Waals surface area contributed by atoms with Gasteiger partial charge < -0.3 is 5.11 Å². The molecule has 7 heteroatoms. The first-order valence-electron chi connectivity index (χ1n) is 5.81. The number of aliphatic hydroxyl groups excluding tert-OH is 1. The van der Waals surface area contributed by atoms with Gasteiger partial charge in [0.25, 0.3) is 10.0 Å². The zero-order chi connectivity index (χ0) is 13.2. The van der Waals surface area contributed by atoms with Gasteiger partial charge in [0.1, 0.15) is 0 Å². The summed E-state index contributed by atoms with van der Waals surface area (Å²) in [5.41, 5.74) is 0. The van der Waals surface area contributed by atoms with Crippen molar-refractivity contribution in [1.82, 2.24) is 9.71 Å². The number of hydrogen-bond acceptors (Lipinski definition) is 4. The lowest BCUT2D eigenvalue weighted by molar-refractivity contribution is 0.101. The molecule has 0 saturated heterocycles. The summed E-state index contributed by atoms with van der Waals surface area (Å²) in [4.78, 5) is 3.53. The third-order valence-corrected chi connectivity index (χ3v) is 4.44. The van der Waals surface area contributed by atoms with E-state index in [1.54, 1.807) is 0 Å². The second-order valence-electron chi connectivity index (χ2n) is 4.37. The molecule has 0 aliphatic heterocycles. The number of nitrogens with one attached hydrogen (secondary N) is 1. The maximum absolute atomic E-state index is 13.4. The number of hydrogen-bond donors (Lipinski definition) is 2. The second kappa shape index (κ2) is 5.29. The van der Waals surface area contributed by atoms with Crippen molar-refractivity contribution < 1.29 is 17.9 Å². The van der Waals surface area contributed by atoms with Crippen molar-refractivity contribution in [1.29, 1.82) is 0 Å². The first kappa shape index (κ1) is 13.4. The number of sulfonamides is 1. The van der Waals surface area contributed by atoms with E-state index in [1.807, 2.05) is 0 Å². The van der Waals surface area contributed by atoms with Gasteiger partial charge >= 0.3 is 0 Å². The molecule has 1 aliphatic carbocycles. The van der Waals surface area contributed by atoms with Gasteiger partial charge in [-0.2, -0.15) is 0 Å². The Labute approximate surface area is 105 Å². The minimum atomic E-state index is -4.02. The van der Waals surface area contributed by atoms with E-state index >= 15 is 0 Å². The van der Waals surface area contributed by atoms with Crippen molar-refractivity contribution >= 4 is 10.0 Å². The highest BCUT2D eigenvalue weighted by molar-refractivity contribution is 7.89. The highest BCUT2D eigenvalue weighted by Crippen LogP contribution is 2.20. The smallest absolute Gasteiger partial charge is 0.261 e. The van der Waals surface area contributed by atoms with Crippen molar-refractivity contribution in [3.05, 3.63) is 24.1 Å². The summed E-state index contributed by atoms with van der Waals surface area (Å²) >= 11 is 0. The van der Waals surface area contributed by atoms with Gasteiger partial charge in [-0.15, -0.1) is 0 Å². The van der Waals surface area contributed by atoms with Gasteiger partial charge in [0.05, 0.1) is 6.10 Å². The molecule has 0 amide bonds. The van der Waals surface area contributed by atoms with Crippen LogP contribution < -0.4 is 4.72 Å². The molecule has 0 unspecified atom stereocenters. The Morgan fingerprint density at radius 2 is 2.11 bits per heavy atom. The molecule has 18 heavy (non-hydrogen) atoms. The van der Waals surface area contributed by atoms with E-state index in [0.717, 1.165) is 18.9 Å². The van der Waals surface area contributed by atoms with E-state index in [9.17, 15) is 17.9 Å². The summed E-state index contributed by atoms with van der Waals surface area (Å²) in [6, 6.07) is 1.80. The van der Waals surface area contributed by atoms with E-state index in [1.165, 1.54) is 12.3 Å². The Morgan fingerprint density at radius 3 is 2.78 bits per heavy atom. The standard InChI is InChI=1S/C11H15FN2O3S/c12-8-4-3-7-13-11(8)18(16,17)14-9-5-1-2-6-10(9)15/h3-4,7,9-10,14-15H,1-2,5-6H2/t9-,10-/m1/s1. The molecule has 2 N–H and O–H groups in total. The third kappa shape index (κ3) is 2.85. The molecule has 2 rings (SSSR count). The van der Waals surface area contributed by atoms with Crippen LogP contribution in [0, 0.1) is 5.82 Å². The quantitative estimate of drug-likeness (QED) is 0.854. The Kier molecular flexibility index (Phi) is 3.94. The van der Waals surface area contributed by atoms with Gasteiger partial charge in [0, 0.05) is 12.2 Å². The lowest BCUT2D eigenvalue weighted by Gasteiger charge is -2.27. The lowest BCUT2D eigenvalue weighted by atomic mass is 9.93. The van der Waals surface area contributed by atoms with Gasteiger partial charge in [0.2, 0.25) is 5.03 Å². The maximum Gasteiger partial charge on any atom is 0.261 e. The van der Waals surface area contributed by atoms with Gasteiger partial charge in [-0.05, 0) is 25.0 Å². The van der Waals surface area contributed by atoms with Crippen LogP contribution in [0.4, 0.5) is 4.39 Å². The number of halogens is 1. The lowest BCUT2D eigenvalue weighted by Crippen LogP contribution is -2.45. The Morgan fingerprint density at radius 1 is 1.39 bits per heavy atom. The monoisotopic (exact) mass is 274 g/mol. The van der Waals surface area contributed by atoms with Crippen molar-refractivity contribution in [2.24, 2.45) is 0 Å². The van der Waals surface area contributed by atoms with E-state index in [0.29, 0.717) is 12.8 Å². The molecule has 100 valence electrons. The normalized spacial score (nSPS) is 25.0. The van der Waals surface area contributed by atoms with E-state index in [-0.39, 0.29) is 0 Å². The topological polar surface area (TPSA) is 79.3 Å². The van der Waals surface area contributed by atoms with E-state index < -0.39 is 33.0 Å². The number of nitrogens with zero attached hydrogens (tertiary/aromatic N) is 1. The number of aromatic nitrogens is 1. The Balaban J connectivity index is 2.19. The zero-order valence-corrected chi connectivity index (χ0v) is 10.5. The van der Waals surface area contributed by atoms with Crippen molar-refractivity contribution in [2.45, 2.75) is 42.9 Å². The highest BCUT2D eigenvalue weighted by atomic mass is 32.2. The first-order valence-corrected chi connectivity index (χ1v) is 7.30. The summed E-state index contributed by atoms with van der Waals surface area (Å²) in [6.07, 6.45) is 3.31. The van der Waals surface area contributed by atoms with Crippen molar-refractivity contribution in [3.63, 3.8) is 0 Å². The SMILES string of the molecule is O=S(=O)(N[C@@H]1CCCC[C@H]1O)c1ncccc1F.